The number of rotatable bonds is 7. The van der Waals surface area contributed by atoms with E-state index in [4.69, 9.17) is 19.4 Å². The van der Waals surface area contributed by atoms with Crippen LogP contribution < -0.4 is 0 Å². The lowest BCUT2D eigenvalue weighted by Gasteiger charge is -2.49. The molecule has 1 spiro atoms. The number of pyridine rings is 1. The van der Waals surface area contributed by atoms with E-state index in [0.717, 1.165) is 29.7 Å². The number of aliphatic carboxylic acids is 1. The number of carbonyl (C=O) groups is 1. The van der Waals surface area contributed by atoms with Crippen molar-refractivity contribution in [3.05, 3.63) is 59.4 Å². The molecule has 2 aliphatic rings. The summed E-state index contributed by atoms with van der Waals surface area (Å²) in [7, 11) is -3.48. The van der Waals surface area contributed by atoms with E-state index in [1.165, 1.54) is 0 Å². The number of carboxylic acids is 1. The van der Waals surface area contributed by atoms with Crippen LogP contribution in [0.5, 0.6) is 0 Å². The summed E-state index contributed by atoms with van der Waals surface area (Å²) in [6, 6.07) is 11.2. The maximum Gasteiger partial charge on any atom is 0.490 e. The second-order valence-electron chi connectivity index (χ2n) is 8.96. The van der Waals surface area contributed by atoms with Crippen LogP contribution in [-0.2, 0) is 30.9 Å². The molecule has 2 aromatic rings. The molecule has 2 aliphatic heterocycles. The van der Waals surface area contributed by atoms with E-state index < -0.39 is 22.2 Å². The van der Waals surface area contributed by atoms with Gasteiger partial charge in [-0.2, -0.15) is 17.5 Å². The Hall–Kier alpha value is -2.54. The summed E-state index contributed by atoms with van der Waals surface area (Å²) in [5.41, 5.74) is 2.47. The highest BCUT2D eigenvalue weighted by molar-refractivity contribution is 7.89. The summed E-state index contributed by atoms with van der Waals surface area (Å²) < 4.78 is 71.2. The van der Waals surface area contributed by atoms with Crippen molar-refractivity contribution in [2.45, 2.75) is 50.0 Å². The second-order valence-corrected chi connectivity index (χ2v) is 10.9. The molecule has 0 amide bonds. The third kappa shape index (κ3) is 6.81. The third-order valence-electron chi connectivity index (χ3n) is 6.15. The Morgan fingerprint density at radius 1 is 1.22 bits per heavy atom. The Morgan fingerprint density at radius 3 is 2.42 bits per heavy atom. The van der Waals surface area contributed by atoms with E-state index in [2.05, 4.69) is 4.98 Å². The molecule has 198 valence electrons. The maximum atomic E-state index is 13.0. The molecule has 36 heavy (non-hydrogen) atoms. The lowest BCUT2D eigenvalue weighted by Crippen LogP contribution is -2.65. The fraction of sp³-hybridized carbons (Fsp3) is 0.500. The first-order valence-electron chi connectivity index (χ1n) is 11.3. The molecule has 2 saturated heterocycles. The highest BCUT2D eigenvalue weighted by Gasteiger charge is 2.56. The average molecular weight is 531 g/mol. The lowest BCUT2D eigenvalue weighted by atomic mass is 9.80. The van der Waals surface area contributed by atoms with Crippen molar-refractivity contribution >= 4 is 16.0 Å². The van der Waals surface area contributed by atoms with Gasteiger partial charge in [-0.3, -0.25) is 4.98 Å². The molecule has 0 radical (unpaired) electrons. The van der Waals surface area contributed by atoms with Gasteiger partial charge >= 0.3 is 12.1 Å². The molecular formula is C24H29F3N2O6S. The minimum Gasteiger partial charge on any atom is -0.475 e. The van der Waals surface area contributed by atoms with Crippen molar-refractivity contribution in [1.29, 1.82) is 0 Å². The molecular weight excluding hydrogens is 501 g/mol. The monoisotopic (exact) mass is 530 g/mol. The van der Waals surface area contributed by atoms with E-state index in [1.54, 1.807) is 22.6 Å². The Balaban J connectivity index is 0.000000454. The number of hydrogen-bond donors (Lipinski definition) is 1. The van der Waals surface area contributed by atoms with Crippen LogP contribution in [0.1, 0.15) is 29.7 Å². The molecule has 1 N–H and O–H groups in total. The minimum atomic E-state index is -5.08. The predicted molar refractivity (Wildman–Crippen MR) is 124 cm³/mol. The Labute approximate surface area is 208 Å². The predicted octanol–water partition coefficient (Wildman–Crippen LogP) is 3.72. The molecule has 1 aromatic heterocycles. The van der Waals surface area contributed by atoms with Crippen LogP contribution in [-0.4, -0.2) is 66.9 Å². The molecule has 1 aromatic carbocycles. The highest BCUT2D eigenvalue weighted by Crippen LogP contribution is 2.43. The summed E-state index contributed by atoms with van der Waals surface area (Å²) in [6.45, 7) is 6.49. The molecule has 0 aliphatic carbocycles. The quantitative estimate of drug-likeness (QED) is 0.544. The fourth-order valence-corrected chi connectivity index (χ4v) is 6.12. The zero-order valence-corrected chi connectivity index (χ0v) is 20.8. The van der Waals surface area contributed by atoms with Crippen LogP contribution >= 0.6 is 0 Å². The minimum absolute atomic E-state index is 0.317. The number of nitrogens with zero attached hydrogens (tertiary/aromatic N) is 2. The number of hydrogen-bond acceptors (Lipinski definition) is 6. The van der Waals surface area contributed by atoms with Gasteiger partial charge in [-0.1, -0.05) is 12.1 Å². The zero-order chi connectivity index (χ0) is 26.6. The number of halogens is 3. The van der Waals surface area contributed by atoms with E-state index in [1.807, 2.05) is 38.1 Å². The summed E-state index contributed by atoms with van der Waals surface area (Å²) in [4.78, 5) is 13.5. The largest absolute Gasteiger partial charge is 0.490 e. The zero-order valence-electron chi connectivity index (χ0n) is 20.0. The van der Waals surface area contributed by atoms with Crippen LogP contribution in [0.2, 0.25) is 0 Å². The number of aromatic nitrogens is 1. The van der Waals surface area contributed by atoms with E-state index >= 15 is 0 Å². The van der Waals surface area contributed by atoms with Crippen LogP contribution in [0.25, 0.3) is 0 Å². The van der Waals surface area contributed by atoms with Gasteiger partial charge < -0.3 is 14.6 Å². The van der Waals surface area contributed by atoms with Gasteiger partial charge in [0.1, 0.15) is 0 Å². The second kappa shape index (κ2) is 11.2. The van der Waals surface area contributed by atoms with Gasteiger partial charge in [0.05, 0.1) is 22.8 Å². The Morgan fingerprint density at radius 2 is 1.86 bits per heavy atom. The molecule has 12 heteroatoms. The first kappa shape index (κ1) is 28.0. The van der Waals surface area contributed by atoms with Crippen molar-refractivity contribution in [3.63, 3.8) is 0 Å². The van der Waals surface area contributed by atoms with E-state index in [9.17, 15) is 21.6 Å². The van der Waals surface area contributed by atoms with Gasteiger partial charge in [0.15, 0.2) is 0 Å². The molecule has 1 atom stereocenters. The van der Waals surface area contributed by atoms with Gasteiger partial charge in [0, 0.05) is 32.5 Å². The van der Waals surface area contributed by atoms with E-state index in [0.29, 0.717) is 43.7 Å². The van der Waals surface area contributed by atoms with Gasteiger partial charge in [0.25, 0.3) is 0 Å². The normalized spacial score (nSPS) is 19.4. The summed E-state index contributed by atoms with van der Waals surface area (Å²) in [5, 5.41) is 7.12. The molecule has 2 fully saturated rings. The van der Waals surface area contributed by atoms with Crippen molar-refractivity contribution in [3.8, 4) is 0 Å². The van der Waals surface area contributed by atoms with Crippen molar-refractivity contribution in [2.24, 2.45) is 5.92 Å². The molecule has 8 nitrogen and oxygen atoms in total. The van der Waals surface area contributed by atoms with Crippen molar-refractivity contribution < 1.29 is 41.0 Å². The van der Waals surface area contributed by atoms with Gasteiger partial charge in [-0.05, 0) is 68.0 Å². The SMILES string of the molecule is Cc1cc(C)cc(S(=O)(=O)N2CC3(C2)OCCC3CCOCc2ccccn2)c1.O=C(O)C(F)(F)F. The van der Waals surface area contributed by atoms with Gasteiger partial charge in [-0.15, -0.1) is 0 Å². The molecule has 0 bridgehead atoms. The van der Waals surface area contributed by atoms with Crippen LogP contribution in [0.4, 0.5) is 13.2 Å². The van der Waals surface area contributed by atoms with Crippen molar-refractivity contribution in [2.75, 3.05) is 26.3 Å². The maximum absolute atomic E-state index is 13.0. The van der Waals surface area contributed by atoms with E-state index in [-0.39, 0.29) is 5.60 Å². The number of aryl methyl sites for hydroxylation is 2. The van der Waals surface area contributed by atoms with Crippen LogP contribution in [0.15, 0.2) is 47.5 Å². The number of benzene rings is 1. The molecule has 1 unspecified atom stereocenters. The number of ether oxygens (including phenoxy) is 2. The Kier molecular flexibility index (Phi) is 8.75. The van der Waals surface area contributed by atoms with Gasteiger partial charge in [-0.25, -0.2) is 13.2 Å². The van der Waals surface area contributed by atoms with Crippen LogP contribution in [0.3, 0.4) is 0 Å². The first-order chi connectivity index (χ1) is 16.8. The topological polar surface area (TPSA) is 106 Å². The number of sulfonamides is 1. The standard InChI is InChI=1S/C22H28N2O4S.C2HF3O2/c1-17-11-18(2)13-21(12-17)29(25,26)24-15-22(16-24)19(7-10-28-22)6-9-27-14-20-5-3-4-8-23-20;3-2(4,5)1(6)7/h3-5,8,11-13,19H,6-7,9-10,14-16H2,1-2H3;(H,6,7). The van der Waals surface area contributed by atoms with Crippen LogP contribution in [0, 0.1) is 19.8 Å². The molecule has 3 heterocycles. The Bertz CT molecular complexity index is 1130. The summed E-state index contributed by atoms with van der Waals surface area (Å²) in [5.74, 6) is -2.44. The summed E-state index contributed by atoms with van der Waals surface area (Å²) >= 11 is 0. The van der Waals surface area contributed by atoms with Gasteiger partial charge in [0.2, 0.25) is 10.0 Å². The summed E-state index contributed by atoms with van der Waals surface area (Å²) in [6.07, 6.45) is -1.51. The molecule has 4 rings (SSSR count). The highest BCUT2D eigenvalue weighted by atomic mass is 32.2. The molecule has 0 saturated carbocycles. The lowest BCUT2D eigenvalue weighted by molar-refractivity contribution is -0.192. The smallest absolute Gasteiger partial charge is 0.475 e. The third-order valence-corrected chi connectivity index (χ3v) is 7.92. The average Bonchev–Trinajstić information content (AvgIpc) is 3.20. The fourth-order valence-electron chi connectivity index (χ4n) is 4.38. The van der Waals surface area contributed by atoms with Crippen molar-refractivity contribution in [1.82, 2.24) is 9.29 Å². The first-order valence-corrected chi connectivity index (χ1v) is 12.8. The number of alkyl halides is 3. The number of carboxylic acid groups (broad SMARTS) is 1.